The van der Waals surface area contributed by atoms with Crippen molar-refractivity contribution >= 4 is 34.1 Å². The van der Waals surface area contributed by atoms with E-state index in [2.05, 4.69) is 5.32 Å². The monoisotopic (exact) mass is 385 g/mol. The van der Waals surface area contributed by atoms with Crippen molar-refractivity contribution in [1.82, 2.24) is 0 Å². The number of nitriles is 1. The van der Waals surface area contributed by atoms with Crippen LogP contribution in [0.1, 0.15) is 30.9 Å². The van der Waals surface area contributed by atoms with Crippen molar-refractivity contribution in [3.05, 3.63) is 87.5 Å². The first kappa shape index (κ1) is 19.8. The number of nitro benzene ring substituents is 1. The van der Waals surface area contributed by atoms with E-state index in [1.54, 1.807) is 18.2 Å². The van der Waals surface area contributed by atoms with Crippen LogP contribution < -0.4 is 5.32 Å². The van der Waals surface area contributed by atoms with Gasteiger partial charge in [-0.2, -0.15) is 5.26 Å². The molecule has 0 heterocycles. The fourth-order valence-electron chi connectivity index (χ4n) is 3.14. The van der Waals surface area contributed by atoms with E-state index in [0.29, 0.717) is 16.8 Å². The number of carbonyl (C=O) groups excluding carboxylic acids is 1. The summed E-state index contributed by atoms with van der Waals surface area (Å²) in [6, 6.07) is 19.7. The van der Waals surface area contributed by atoms with Crippen LogP contribution in [0.25, 0.3) is 16.8 Å². The van der Waals surface area contributed by atoms with Crippen molar-refractivity contribution in [2.45, 2.75) is 19.8 Å². The Morgan fingerprint density at radius 1 is 1.14 bits per heavy atom. The third-order valence-electron chi connectivity index (χ3n) is 4.59. The molecule has 0 saturated carbocycles. The second-order valence-corrected chi connectivity index (χ2v) is 6.88. The zero-order valence-electron chi connectivity index (χ0n) is 16.0. The van der Waals surface area contributed by atoms with Gasteiger partial charge in [0.2, 0.25) is 0 Å². The summed E-state index contributed by atoms with van der Waals surface area (Å²) in [4.78, 5) is 23.6. The largest absolute Gasteiger partial charge is 0.321 e. The van der Waals surface area contributed by atoms with Crippen LogP contribution in [0.2, 0.25) is 0 Å². The van der Waals surface area contributed by atoms with Gasteiger partial charge < -0.3 is 5.32 Å². The molecule has 3 aromatic rings. The first-order valence-electron chi connectivity index (χ1n) is 9.10. The normalized spacial score (nSPS) is 11.3. The Morgan fingerprint density at radius 2 is 1.86 bits per heavy atom. The first-order valence-corrected chi connectivity index (χ1v) is 9.10. The van der Waals surface area contributed by atoms with Crippen LogP contribution in [0.4, 0.5) is 11.4 Å². The second kappa shape index (κ2) is 8.36. The highest BCUT2D eigenvalue weighted by Gasteiger charge is 2.18. The number of rotatable bonds is 5. The lowest BCUT2D eigenvalue weighted by molar-refractivity contribution is -0.385. The summed E-state index contributed by atoms with van der Waals surface area (Å²) in [6.07, 6.45) is 1.36. The minimum Gasteiger partial charge on any atom is -0.321 e. The molecule has 1 N–H and O–H groups in total. The molecule has 0 unspecified atom stereocenters. The van der Waals surface area contributed by atoms with E-state index in [1.165, 1.54) is 12.1 Å². The van der Waals surface area contributed by atoms with E-state index in [4.69, 9.17) is 0 Å². The summed E-state index contributed by atoms with van der Waals surface area (Å²) in [5.41, 5.74) is 1.46. The number of anilines is 1. The van der Waals surface area contributed by atoms with E-state index in [-0.39, 0.29) is 17.2 Å². The molecule has 0 aromatic heterocycles. The highest BCUT2D eigenvalue weighted by Crippen LogP contribution is 2.28. The number of hydrogen-bond donors (Lipinski definition) is 1. The topological polar surface area (TPSA) is 96.0 Å². The van der Waals surface area contributed by atoms with Gasteiger partial charge in [0.15, 0.2) is 0 Å². The third-order valence-corrected chi connectivity index (χ3v) is 4.59. The molecule has 29 heavy (non-hydrogen) atoms. The molecule has 3 rings (SSSR count). The van der Waals surface area contributed by atoms with Gasteiger partial charge in [-0.15, -0.1) is 0 Å². The van der Waals surface area contributed by atoms with Crippen LogP contribution >= 0.6 is 0 Å². The fraction of sp³-hybridized carbons (Fsp3) is 0.130. The van der Waals surface area contributed by atoms with Crippen LogP contribution in [0.15, 0.2) is 66.2 Å². The molecule has 1 amide bonds. The molecule has 0 aliphatic rings. The molecule has 144 valence electrons. The van der Waals surface area contributed by atoms with Gasteiger partial charge in [-0.05, 0) is 29.0 Å². The first-order chi connectivity index (χ1) is 13.9. The van der Waals surface area contributed by atoms with Crippen LogP contribution in [0.3, 0.4) is 0 Å². The number of carbonyl (C=O) groups is 1. The minimum atomic E-state index is -0.570. The molecule has 0 aliphatic heterocycles. The standard InChI is InChI=1S/C23H19N3O3/c1-15(2)19-11-10-16(13-22(19)26(28)29)12-18(14-24)23(27)25-21-9-5-7-17-6-3-4-8-20(17)21/h3-13,15H,1-2H3,(H,25,27)/b18-12+. The third kappa shape index (κ3) is 4.30. The Morgan fingerprint density at radius 3 is 2.55 bits per heavy atom. The molecule has 0 bridgehead atoms. The molecular formula is C23H19N3O3. The van der Waals surface area contributed by atoms with Crippen molar-refractivity contribution in [1.29, 1.82) is 5.26 Å². The molecule has 0 fully saturated rings. The van der Waals surface area contributed by atoms with Crippen LogP contribution in [0.5, 0.6) is 0 Å². The maximum absolute atomic E-state index is 12.6. The molecule has 3 aromatic carbocycles. The molecule has 0 radical (unpaired) electrons. The minimum absolute atomic E-state index is 0.0153. The molecule has 0 saturated heterocycles. The Kier molecular flexibility index (Phi) is 5.70. The highest BCUT2D eigenvalue weighted by atomic mass is 16.6. The zero-order valence-corrected chi connectivity index (χ0v) is 16.0. The van der Waals surface area contributed by atoms with Gasteiger partial charge in [0.25, 0.3) is 11.6 Å². The molecule has 6 heteroatoms. The predicted molar refractivity (Wildman–Crippen MR) is 113 cm³/mol. The van der Waals surface area contributed by atoms with Crippen molar-refractivity contribution < 1.29 is 9.72 Å². The predicted octanol–water partition coefficient (Wildman–Crippen LogP) is 5.42. The Balaban J connectivity index is 1.94. The average Bonchev–Trinajstić information content (AvgIpc) is 2.71. The van der Waals surface area contributed by atoms with Crippen molar-refractivity contribution in [3.63, 3.8) is 0 Å². The van der Waals surface area contributed by atoms with E-state index < -0.39 is 10.8 Å². The van der Waals surface area contributed by atoms with Crippen LogP contribution in [0, 0.1) is 21.4 Å². The van der Waals surface area contributed by atoms with Gasteiger partial charge in [-0.3, -0.25) is 14.9 Å². The maximum Gasteiger partial charge on any atom is 0.273 e. The fourth-order valence-corrected chi connectivity index (χ4v) is 3.14. The SMILES string of the molecule is CC(C)c1ccc(/C=C(\C#N)C(=O)Nc2cccc3ccccc23)cc1[N+](=O)[O-]. The van der Waals surface area contributed by atoms with E-state index in [0.717, 1.165) is 10.8 Å². The number of fused-ring (bicyclic) bond motifs is 1. The number of nitro groups is 1. The van der Waals surface area contributed by atoms with Gasteiger partial charge in [-0.1, -0.05) is 62.4 Å². The molecule has 0 aliphatic carbocycles. The highest BCUT2D eigenvalue weighted by molar-refractivity contribution is 6.12. The summed E-state index contributed by atoms with van der Waals surface area (Å²) in [5, 5.41) is 25.4. The smallest absolute Gasteiger partial charge is 0.273 e. The number of nitrogens with zero attached hydrogens (tertiary/aromatic N) is 2. The maximum atomic E-state index is 12.6. The van der Waals surface area contributed by atoms with Gasteiger partial charge in [0, 0.05) is 22.7 Å². The Bertz CT molecular complexity index is 1170. The van der Waals surface area contributed by atoms with Gasteiger partial charge in [0.05, 0.1) is 4.92 Å². The summed E-state index contributed by atoms with van der Waals surface area (Å²) in [5.74, 6) is -0.585. The summed E-state index contributed by atoms with van der Waals surface area (Å²) < 4.78 is 0. The van der Waals surface area contributed by atoms with Crippen molar-refractivity contribution in [2.24, 2.45) is 0 Å². The van der Waals surface area contributed by atoms with Gasteiger partial charge in [0.1, 0.15) is 11.6 Å². The summed E-state index contributed by atoms with van der Waals surface area (Å²) in [7, 11) is 0. The number of hydrogen-bond acceptors (Lipinski definition) is 4. The van der Waals surface area contributed by atoms with E-state index >= 15 is 0 Å². The van der Waals surface area contributed by atoms with Crippen LogP contribution in [-0.2, 0) is 4.79 Å². The molecule has 6 nitrogen and oxygen atoms in total. The van der Waals surface area contributed by atoms with E-state index in [1.807, 2.05) is 56.3 Å². The quantitative estimate of drug-likeness (QED) is 0.275. The Labute approximate surface area is 168 Å². The number of benzene rings is 3. The molecule has 0 atom stereocenters. The van der Waals surface area contributed by atoms with Crippen LogP contribution in [-0.4, -0.2) is 10.8 Å². The van der Waals surface area contributed by atoms with Crippen molar-refractivity contribution in [3.8, 4) is 6.07 Å². The second-order valence-electron chi connectivity index (χ2n) is 6.88. The number of nitrogens with one attached hydrogen (secondary N) is 1. The number of amides is 1. The Hall–Kier alpha value is -3.98. The average molecular weight is 385 g/mol. The van der Waals surface area contributed by atoms with E-state index in [9.17, 15) is 20.2 Å². The lowest BCUT2D eigenvalue weighted by atomic mass is 9.98. The molecule has 0 spiro atoms. The zero-order chi connectivity index (χ0) is 21.0. The summed E-state index contributed by atoms with van der Waals surface area (Å²) >= 11 is 0. The molecular weight excluding hydrogens is 366 g/mol. The lowest BCUT2D eigenvalue weighted by Crippen LogP contribution is -2.13. The van der Waals surface area contributed by atoms with Gasteiger partial charge >= 0.3 is 0 Å². The van der Waals surface area contributed by atoms with Crippen molar-refractivity contribution in [2.75, 3.05) is 5.32 Å². The summed E-state index contributed by atoms with van der Waals surface area (Å²) in [6.45, 7) is 3.74. The van der Waals surface area contributed by atoms with Gasteiger partial charge in [-0.25, -0.2) is 0 Å². The lowest BCUT2D eigenvalue weighted by Gasteiger charge is -2.09.